The molecular weight excluding hydrogens is 294 g/mol. The van der Waals surface area contributed by atoms with E-state index in [0.717, 1.165) is 17.1 Å². The first kappa shape index (κ1) is 14.9. The summed E-state index contributed by atoms with van der Waals surface area (Å²) in [4.78, 5) is 20.5. The van der Waals surface area contributed by atoms with Gasteiger partial charge in [-0.25, -0.2) is 9.97 Å². The summed E-state index contributed by atoms with van der Waals surface area (Å²) in [7, 11) is 0. The summed E-state index contributed by atoms with van der Waals surface area (Å²) >= 11 is 7.51. The maximum absolute atomic E-state index is 12.1. The number of carbonyl (C=O) groups is 1. The van der Waals surface area contributed by atoms with Gasteiger partial charge in [0.05, 0.1) is 5.01 Å². The van der Waals surface area contributed by atoms with Crippen molar-refractivity contribution in [2.75, 3.05) is 6.54 Å². The van der Waals surface area contributed by atoms with Gasteiger partial charge in [-0.15, -0.1) is 11.3 Å². The SMILES string of the molecule is CCc1cc(C(=O)NCC(C)c2nccs2)cc(Cl)n1. The van der Waals surface area contributed by atoms with E-state index in [1.807, 2.05) is 19.2 Å². The van der Waals surface area contributed by atoms with Crippen molar-refractivity contribution in [1.82, 2.24) is 15.3 Å². The Kier molecular flexibility index (Phi) is 5.09. The maximum Gasteiger partial charge on any atom is 0.251 e. The van der Waals surface area contributed by atoms with Crippen LogP contribution in [0.25, 0.3) is 0 Å². The van der Waals surface area contributed by atoms with E-state index in [4.69, 9.17) is 11.6 Å². The van der Waals surface area contributed by atoms with Gasteiger partial charge >= 0.3 is 0 Å². The summed E-state index contributed by atoms with van der Waals surface area (Å²) in [6, 6.07) is 3.36. The van der Waals surface area contributed by atoms with Gasteiger partial charge in [0.1, 0.15) is 5.15 Å². The van der Waals surface area contributed by atoms with Crippen molar-refractivity contribution in [3.05, 3.63) is 45.1 Å². The van der Waals surface area contributed by atoms with Crippen molar-refractivity contribution < 1.29 is 4.79 Å². The van der Waals surface area contributed by atoms with Crippen LogP contribution in [-0.2, 0) is 6.42 Å². The van der Waals surface area contributed by atoms with Gasteiger partial charge in [-0.05, 0) is 18.6 Å². The molecule has 1 unspecified atom stereocenters. The Hall–Kier alpha value is -1.46. The lowest BCUT2D eigenvalue weighted by molar-refractivity contribution is 0.0951. The first-order valence-electron chi connectivity index (χ1n) is 6.44. The van der Waals surface area contributed by atoms with Gasteiger partial charge in [-0.3, -0.25) is 4.79 Å². The molecule has 1 N–H and O–H groups in total. The number of amides is 1. The third-order valence-corrected chi connectivity index (χ3v) is 4.11. The van der Waals surface area contributed by atoms with Crippen LogP contribution in [0.1, 0.15) is 40.8 Å². The lowest BCUT2D eigenvalue weighted by Gasteiger charge is -2.10. The van der Waals surface area contributed by atoms with E-state index in [-0.39, 0.29) is 11.8 Å². The normalized spacial score (nSPS) is 12.2. The van der Waals surface area contributed by atoms with Crippen LogP contribution in [-0.4, -0.2) is 22.4 Å². The highest BCUT2D eigenvalue weighted by atomic mass is 35.5. The standard InChI is InChI=1S/C14H16ClN3OS/c1-3-11-6-10(7-12(15)18-11)13(19)17-8-9(2)14-16-4-5-20-14/h4-7,9H,3,8H2,1-2H3,(H,17,19). The summed E-state index contributed by atoms with van der Waals surface area (Å²) in [6.45, 7) is 4.56. The molecule has 0 bridgehead atoms. The lowest BCUT2D eigenvalue weighted by atomic mass is 10.1. The minimum absolute atomic E-state index is 0.132. The third kappa shape index (κ3) is 3.77. The molecule has 0 aliphatic carbocycles. The molecule has 0 spiro atoms. The van der Waals surface area contributed by atoms with Crippen LogP contribution in [0.2, 0.25) is 5.15 Å². The Morgan fingerprint density at radius 3 is 2.95 bits per heavy atom. The second kappa shape index (κ2) is 6.81. The quantitative estimate of drug-likeness (QED) is 0.862. The second-order valence-electron chi connectivity index (χ2n) is 4.50. The molecule has 2 aromatic heterocycles. The van der Waals surface area contributed by atoms with Gasteiger partial charge in [0.2, 0.25) is 0 Å². The molecule has 2 rings (SSSR count). The molecule has 106 valence electrons. The number of nitrogens with zero attached hydrogens (tertiary/aromatic N) is 2. The van der Waals surface area contributed by atoms with E-state index in [2.05, 4.69) is 15.3 Å². The highest BCUT2D eigenvalue weighted by Crippen LogP contribution is 2.17. The molecule has 0 aromatic carbocycles. The molecule has 2 heterocycles. The van der Waals surface area contributed by atoms with Crippen LogP contribution in [0.3, 0.4) is 0 Å². The molecule has 20 heavy (non-hydrogen) atoms. The number of hydrogen-bond acceptors (Lipinski definition) is 4. The molecule has 0 saturated carbocycles. The lowest BCUT2D eigenvalue weighted by Crippen LogP contribution is -2.27. The molecule has 4 nitrogen and oxygen atoms in total. The molecule has 2 aromatic rings. The summed E-state index contributed by atoms with van der Waals surface area (Å²) < 4.78 is 0. The number of carbonyl (C=O) groups excluding carboxylic acids is 1. The van der Waals surface area contributed by atoms with Gasteiger partial charge in [0.15, 0.2) is 0 Å². The Balaban J connectivity index is 2.00. The number of pyridine rings is 1. The highest BCUT2D eigenvalue weighted by molar-refractivity contribution is 7.09. The molecule has 0 fully saturated rings. The smallest absolute Gasteiger partial charge is 0.251 e. The van der Waals surface area contributed by atoms with Crippen molar-refractivity contribution >= 4 is 28.8 Å². The summed E-state index contributed by atoms with van der Waals surface area (Å²) in [5.74, 6) is 0.0642. The molecule has 0 saturated heterocycles. The van der Waals surface area contributed by atoms with E-state index < -0.39 is 0 Å². The minimum Gasteiger partial charge on any atom is -0.351 e. The first-order valence-corrected chi connectivity index (χ1v) is 7.70. The Labute approximate surface area is 127 Å². The van der Waals surface area contributed by atoms with Crippen molar-refractivity contribution in [2.24, 2.45) is 0 Å². The van der Waals surface area contributed by atoms with E-state index in [0.29, 0.717) is 17.3 Å². The Morgan fingerprint density at radius 2 is 2.30 bits per heavy atom. The van der Waals surface area contributed by atoms with Gasteiger partial charge in [0.25, 0.3) is 5.91 Å². The highest BCUT2D eigenvalue weighted by Gasteiger charge is 2.12. The van der Waals surface area contributed by atoms with E-state index >= 15 is 0 Å². The van der Waals surface area contributed by atoms with Crippen LogP contribution >= 0.6 is 22.9 Å². The van der Waals surface area contributed by atoms with Crippen LogP contribution < -0.4 is 5.32 Å². The van der Waals surface area contributed by atoms with Gasteiger partial charge in [-0.2, -0.15) is 0 Å². The van der Waals surface area contributed by atoms with Crippen LogP contribution in [0.5, 0.6) is 0 Å². The number of nitrogens with one attached hydrogen (secondary N) is 1. The predicted molar refractivity (Wildman–Crippen MR) is 81.5 cm³/mol. The van der Waals surface area contributed by atoms with Crippen molar-refractivity contribution in [2.45, 2.75) is 26.2 Å². The Morgan fingerprint density at radius 1 is 1.50 bits per heavy atom. The van der Waals surface area contributed by atoms with Gasteiger partial charge < -0.3 is 5.32 Å². The zero-order valence-electron chi connectivity index (χ0n) is 11.4. The van der Waals surface area contributed by atoms with E-state index in [9.17, 15) is 4.79 Å². The molecule has 1 amide bonds. The molecule has 0 radical (unpaired) electrons. The molecular formula is C14H16ClN3OS. The number of hydrogen-bond donors (Lipinski definition) is 1. The summed E-state index contributed by atoms with van der Waals surface area (Å²) in [6.07, 6.45) is 2.52. The fourth-order valence-electron chi connectivity index (χ4n) is 1.78. The molecule has 6 heteroatoms. The Bertz CT molecular complexity index is 586. The van der Waals surface area contributed by atoms with Gasteiger partial charge in [0, 0.05) is 35.3 Å². The molecule has 1 atom stereocenters. The first-order chi connectivity index (χ1) is 9.60. The number of aryl methyl sites for hydroxylation is 1. The average molecular weight is 310 g/mol. The summed E-state index contributed by atoms with van der Waals surface area (Å²) in [5.41, 5.74) is 1.36. The monoisotopic (exact) mass is 309 g/mol. The topological polar surface area (TPSA) is 54.9 Å². The van der Waals surface area contributed by atoms with Gasteiger partial charge in [-0.1, -0.05) is 25.4 Å². The molecule has 0 aliphatic rings. The minimum atomic E-state index is -0.132. The zero-order valence-corrected chi connectivity index (χ0v) is 13.0. The fourth-order valence-corrected chi connectivity index (χ4v) is 2.70. The van der Waals surface area contributed by atoms with Crippen LogP contribution in [0.15, 0.2) is 23.7 Å². The van der Waals surface area contributed by atoms with E-state index in [1.165, 1.54) is 0 Å². The number of aromatic nitrogens is 2. The number of rotatable bonds is 5. The van der Waals surface area contributed by atoms with Crippen molar-refractivity contribution in [3.63, 3.8) is 0 Å². The number of halogens is 1. The predicted octanol–water partition coefficient (Wildman–Crippen LogP) is 3.29. The van der Waals surface area contributed by atoms with E-state index in [1.54, 1.807) is 29.7 Å². The maximum atomic E-state index is 12.1. The molecule has 0 aliphatic heterocycles. The van der Waals surface area contributed by atoms with Crippen molar-refractivity contribution in [3.8, 4) is 0 Å². The summed E-state index contributed by atoms with van der Waals surface area (Å²) in [5, 5.41) is 6.21. The zero-order chi connectivity index (χ0) is 14.5. The second-order valence-corrected chi connectivity index (χ2v) is 5.82. The van der Waals surface area contributed by atoms with Crippen LogP contribution in [0, 0.1) is 0 Å². The van der Waals surface area contributed by atoms with Crippen molar-refractivity contribution in [1.29, 1.82) is 0 Å². The fraction of sp³-hybridized carbons (Fsp3) is 0.357. The average Bonchev–Trinajstić information content (AvgIpc) is 2.97. The largest absolute Gasteiger partial charge is 0.351 e. The number of thiazole rings is 1. The van der Waals surface area contributed by atoms with Crippen LogP contribution in [0.4, 0.5) is 0 Å². The third-order valence-electron chi connectivity index (χ3n) is 2.91.